The van der Waals surface area contributed by atoms with Gasteiger partial charge in [-0.25, -0.2) is 8.42 Å². The lowest BCUT2D eigenvalue weighted by Gasteiger charge is -2.31. The molecule has 0 radical (unpaired) electrons. The molecule has 0 bridgehead atoms. The van der Waals surface area contributed by atoms with Crippen molar-refractivity contribution in [3.8, 4) is 0 Å². The lowest BCUT2D eigenvalue weighted by atomic mass is 9.94. The lowest BCUT2D eigenvalue weighted by Crippen LogP contribution is -2.49. The second-order valence-electron chi connectivity index (χ2n) is 11.8. The predicted octanol–water partition coefficient (Wildman–Crippen LogP) is 4.26. The fraction of sp³-hybridized carbons (Fsp3) is 0.548. The van der Waals surface area contributed by atoms with Gasteiger partial charge >= 0.3 is 0 Å². The number of unbranched alkanes of at least 4 members (excludes halogenated alkanes) is 1. The number of allylic oxidation sites excluding steroid dienone is 5. The zero-order valence-electron chi connectivity index (χ0n) is 24.8. The molecule has 0 heterocycles. The molecule has 8 nitrogen and oxygen atoms in total. The summed E-state index contributed by atoms with van der Waals surface area (Å²) in [4.78, 5) is 25.9. The third-order valence-electron chi connectivity index (χ3n) is 6.60. The first-order chi connectivity index (χ1) is 18.8. The maximum absolute atomic E-state index is 13.5. The number of nitrogens with zero attached hydrogens (tertiary/aromatic N) is 1. The molecule has 1 unspecified atom stereocenters. The fourth-order valence-corrected chi connectivity index (χ4v) is 6.02. The van der Waals surface area contributed by atoms with Crippen LogP contribution in [0.1, 0.15) is 65.9 Å². The monoisotopic (exact) mass is 573 g/mol. The molecular weight excluding hydrogens is 526 g/mol. The van der Waals surface area contributed by atoms with Crippen LogP contribution in [-0.4, -0.2) is 61.4 Å². The van der Waals surface area contributed by atoms with Gasteiger partial charge in [-0.2, -0.15) is 4.31 Å². The van der Waals surface area contributed by atoms with Gasteiger partial charge in [-0.15, -0.1) is 0 Å². The highest BCUT2D eigenvalue weighted by atomic mass is 32.2. The van der Waals surface area contributed by atoms with Crippen molar-refractivity contribution in [1.29, 1.82) is 0 Å². The Labute approximate surface area is 240 Å². The summed E-state index contributed by atoms with van der Waals surface area (Å²) in [5.41, 5.74) is 1.28. The van der Waals surface area contributed by atoms with Crippen LogP contribution in [0.2, 0.25) is 0 Å². The van der Waals surface area contributed by atoms with E-state index in [9.17, 15) is 23.1 Å². The number of amides is 2. The van der Waals surface area contributed by atoms with Crippen LogP contribution in [0.3, 0.4) is 0 Å². The van der Waals surface area contributed by atoms with Crippen molar-refractivity contribution in [1.82, 2.24) is 14.9 Å². The molecule has 1 aromatic carbocycles. The summed E-state index contributed by atoms with van der Waals surface area (Å²) in [6.07, 6.45) is 11.9. The second kappa shape index (κ2) is 15.3. The van der Waals surface area contributed by atoms with Crippen LogP contribution in [0.4, 0.5) is 0 Å². The van der Waals surface area contributed by atoms with E-state index in [4.69, 9.17) is 0 Å². The summed E-state index contributed by atoms with van der Waals surface area (Å²) in [7, 11) is -3.78. The largest absolute Gasteiger partial charge is 0.395 e. The molecule has 0 saturated heterocycles. The number of sulfonamides is 1. The molecule has 2 rings (SSSR count). The van der Waals surface area contributed by atoms with Crippen LogP contribution in [-0.2, 0) is 19.6 Å². The lowest BCUT2D eigenvalue weighted by molar-refractivity contribution is -0.132. The zero-order chi connectivity index (χ0) is 29.9. The van der Waals surface area contributed by atoms with E-state index in [2.05, 4.69) is 10.6 Å². The number of aliphatic hydroxyl groups is 1. The number of benzene rings is 1. The third kappa shape index (κ3) is 10.3. The van der Waals surface area contributed by atoms with E-state index in [1.54, 1.807) is 51.1 Å². The van der Waals surface area contributed by atoms with Gasteiger partial charge in [-0.05, 0) is 55.9 Å². The topological polar surface area (TPSA) is 116 Å². The number of nitrogens with one attached hydrogen (secondary N) is 2. The van der Waals surface area contributed by atoms with E-state index < -0.39 is 27.5 Å². The van der Waals surface area contributed by atoms with Gasteiger partial charge < -0.3 is 15.7 Å². The number of hydrogen-bond acceptors (Lipinski definition) is 5. The van der Waals surface area contributed by atoms with Crippen molar-refractivity contribution in [2.75, 3.05) is 19.7 Å². The Morgan fingerprint density at radius 2 is 1.77 bits per heavy atom. The normalized spacial score (nSPS) is 16.4. The quantitative estimate of drug-likeness (QED) is 0.288. The van der Waals surface area contributed by atoms with Gasteiger partial charge in [-0.1, -0.05) is 83.0 Å². The van der Waals surface area contributed by atoms with Gasteiger partial charge in [0.2, 0.25) is 21.8 Å². The van der Waals surface area contributed by atoms with Gasteiger partial charge in [0.1, 0.15) is 6.04 Å². The summed E-state index contributed by atoms with van der Waals surface area (Å²) in [5.74, 6) is -0.432. The molecule has 0 saturated carbocycles. The number of aryl methyl sites for hydroxylation is 1. The fourth-order valence-electron chi connectivity index (χ4n) is 4.21. The Morgan fingerprint density at radius 3 is 2.33 bits per heavy atom. The van der Waals surface area contributed by atoms with Crippen LogP contribution in [0, 0.1) is 18.3 Å². The molecule has 2 amide bonds. The number of aliphatic hydroxyl groups excluding tert-OH is 1. The van der Waals surface area contributed by atoms with Crippen molar-refractivity contribution in [3.05, 3.63) is 65.8 Å². The molecule has 222 valence electrons. The van der Waals surface area contributed by atoms with Crippen LogP contribution < -0.4 is 10.6 Å². The summed E-state index contributed by atoms with van der Waals surface area (Å²) in [6, 6.07) is 5.37. The number of rotatable bonds is 14. The molecule has 40 heavy (non-hydrogen) atoms. The van der Waals surface area contributed by atoms with Crippen LogP contribution >= 0.6 is 0 Å². The summed E-state index contributed by atoms with van der Waals surface area (Å²) in [6.45, 7) is 11.6. The van der Waals surface area contributed by atoms with E-state index in [1.807, 2.05) is 45.1 Å². The standard InChI is InChI=1S/C31H47N3O5S/c1-23(2)21-34(40(38,39)27-17-15-24(3)16-18-27)26(22-35)14-10-11-19-32-29(36)28(33-30(37)31(4,5)6)20-25-12-8-7-9-13-25/h7-9,12,15-18,20,23,26,28,35H,10-11,13-14,19,21-22H2,1-6H3,(H,32,36)(H,33,37)/b25-20+/t26?,28-/m0/s1. The maximum atomic E-state index is 13.5. The van der Waals surface area contributed by atoms with Crippen molar-refractivity contribution in [2.24, 2.45) is 11.3 Å². The average molecular weight is 574 g/mol. The van der Waals surface area contributed by atoms with E-state index in [0.717, 1.165) is 11.1 Å². The van der Waals surface area contributed by atoms with E-state index in [-0.39, 0.29) is 29.2 Å². The molecular formula is C31H47N3O5S. The van der Waals surface area contributed by atoms with Crippen molar-refractivity contribution in [3.63, 3.8) is 0 Å². The molecule has 2 atom stereocenters. The van der Waals surface area contributed by atoms with Crippen LogP contribution in [0.25, 0.3) is 0 Å². The van der Waals surface area contributed by atoms with Crippen molar-refractivity contribution < 1.29 is 23.1 Å². The predicted molar refractivity (Wildman–Crippen MR) is 160 cm³/mol. The number of carbonyl (C=O) groups is 2. The third-order valence-corrected chi connectivity index (χ3v) is 8.53. The molecule has 1 aromatic rings. The molecule has 0 aromatic heterocycles. The Kier molecular flexibility index (Phi) is 12.8. The van der Waals surface area contributed by atoms with Crippen molar-refractivity contribution >= 4 is 21.8 Å². The Morgan fingerprint density at radius 1 is 1.10 bits per heavy atom. The van der Waals surface area contributed by atoms with Gasteiger partial charge in [0.25, 0.3) is 0 Å². The highest BCUT2D eigenvalue weighted by Crippen LogP contribution is 2.23. The van der Waals surface area contributed by atoms with Gasteiger partial charge in [0.05, 0.1) is 11.5 Å². The minimum atomic E-state index is -3.78. The molecule has 3 N–H and O–H groups in total. The highest BCUT2D eigenvalue weighted by Gasteiger charge is 2.31. The van der Waals surface area contributed by atoms with E-state index >= 15 is 0 Å². The first kappa shape index (κ1) is 33.5. The molecule has 1 aliphatic rings. The number of carbonyl (C=O) groups excluding carboxylic acids is 2. The zero-order valence-corrected chi connectivity index (χ0v) is 25.6. The van der Waals surface area contributed by atoms with Crippen LogP contribution in [0.15, 0.2) is 65.1 Å². The Bertz CT molecular complexity index is 1180. The minimum absolute atomic E-state index is 0.0809. The van der Waals surface area contributed by atoms with Crippen LogP contribution in [0.5, 0.6) is 0 Å². The molecule has 0 fully saturated rings. The molecule has 0 spiro atoms. The Hall–Kier alpha value is -2.75. The van der Waals surface area contributed by atoms with Gasteiger partial charge in [0, 0.05) is 24.5 Å². The van der Waals surface area contributed by atoms with Crippen molar-refractivity contribution in [2.45, 2.75) is 84.2 Å². The summed E-state index contributed by atoms with van der Waals surface area (Å²) >= 11 is 0. The molecule has 0 aliphatic heterocycles. The smallest absolute Gasteiger partial charge is 0.246 e. The summed E-state index contributed by atoms with van der Waals surface area (Å²) in [5, 5.41) is 15.9. The van der Waals surface area contributed by atoms with Gasteiger partial charge in [-0.3, -0.25) is 9.59 Å². The SMILES string of the molecule is Cc1ccc(S(=O)(=O)N(CC(C)C)C(CO)CCCCNC(=O)[C@H](/C=C2\C=CC=CC2)NC(=O)C(C)(C)C)cc1. The number of hydrogen-bond donors (Lipinski definition) is 3. The van der Waals surface area contributed by atoms with E-state index in [1.165, 1.54) is 4.31 Å². The summed E-state index contributed by atoms with van der Waals surface area (Å²) < 4.78 is 28.3. The Balaban J connectivity index is 2.02. The van der Waals surface area contributed by atoms with E-state index in [0.29, 0.717) is 38.8 Å². The van der Waals surface area contributed by atoms with Gasteiger partial charge in [0.15, 0.2) is 0 Å². The molecule has 9 heteroatoms. The first-order valence-corrected chi connectivity index (χ1v) is 15.5. The highest BCUT2D eigenvalue weighted by molar-refractivity contribution is 7.89. The minimum Gasteiger partial charge on any atom is -0.395 e. The molecule has 1 aliphatic carbocycles. The maximum Gasteiger partial charge on any atom is 0.246 e. The average Bonchev–Trinajstić information content (AvgIpc) is 2.89. The first-order valence-electron chi connectivity index (χ1n) is 14.1. The second-order valence-corrected chi connectivity index (χ2v) is 13.7.